The molecule has 1 N–H and O–H groups in total. The highest BCUT2D eigenvalue weighted by molar-refractivity contribution is 9.09. The number of aliphatic carboxylic acids is 1. The standard InChI is InChI=1S/C8H15BrO2/c1-7(8(10)11)5-3-2-4-6-9/h7H,2-6H2,1H3,(H,10,11). The number of carbonyl (C=O) groups is 1. The van der Waals surface area contributed by atoms with E-state index in [1.165, 1.54) is 0 Å². The molecular formula is C8H15BrO2. The normalized spacial score (nSPS) is 12.9. The van der Waals surface area contributed by atoms with Crippen molar-refractivity contribution in [2.45, 2.75) is 32.6 Å². The number of hydrogen-bond acceptors (Lipinski definition) is 1. The van der Waals surface area contributed by atoms with E-state index in [-0.39, 0.29) is 5.92 Å². The summed E-state index contributed by atoms with van der Waals surface area (Å²) in [5.41, 5.74) is 0. The molecule has 0 bridgehead atoms. The summed E-state index contributed by atoms with van der Waals surface area (Å²) >= 11 is 3.33. The van der Waals surface area contributed by atoms with Gasteiger partial charge in [-0.05, 0) is 12.8 Å². The minimum atomic E-state index is -0.677. The Kier molecular flexibility index (Phi) is 6.62. The van der Waals surface area contributed by atoms with Crippen molar-refractivity contribution >= 4 is 21.9 Å². The Bertz CT molecular complexity index is 115. The minimum absolute atomic E-state index is 0.176. The largest absolute Gasteiger partial charge is 0.481 e. The molecule has 0 spiro atoms. The first-order valence-corrected chi connectivity index (χ1v) is 5.09. The van der Waals surface area contributed by atoms with Crippen LogP contribution < -0.4 is 0 Å². The number of alkyl halides is 1. The highest BCUT2D eigenvalue weighted by Crippen LogP contribution is 2.09. The van der Waals surface area contributed by atoms with E-state index >= 15 is 0 Å². The predicted octanol–water partition coefficient (Wildman–Crippen LogP) is 2.66. The molecule has 0 aromatic carbocycles. The molecule has 0 amide bonds. The van der Waals surface area contributed by atoms with Gasteiger partial charge in [0.25, 0.3) is 0 Å². The molecule has 66 valence electrons. The summed E-state index contributed by atoms with van der Waals surface area (Å²) in [7, 11) is 0. The Morgan fingerprint density at radius 2 is 2.09 bits per heavy atom. The number of rotatable bonds is 6. The number of carboxylic acids is 1. The quantitative estimate of drug-likeness (QED) is 0.555. The number of halogens is 1. The molecular weight excluding hydrogens is 208 g/mol. The summed E-state index contributed by atoms with van der Waals surface area (Å²) in [6, 6.07) is 0. The maximum atomic E-state index is 10.4. The van der Waals surface area contributed by atoms with Gasteiger partial charge in [-0.15, -0.1) is 0 Å². The second kappa shape index (κ2) is 6.65. The molecule has 1 atom stereocenters. The van der Waals surface area contributed by atoms with E-state index in [1.54, 1.807) is 6.92 Å². The molecule has 0 saturated carbocycles. The summed E-state index contributed by atoms with van der Waals surface area (Å²) in [4.78, 5) is 10.4. The lowest BCUT2D eigenvalue weighted by molar-refractivity contribution is -0.141. The zero-order chi connectivity index (χ0) is 8.69. The fraction of sp³-hybridized carbons (Fsp3) is 0.875. The molecule has 11 heavy (non-hydrogen) atoms. The Morgan fingerprint density at radius 1 is 1.45 bits per heavy atom. The molecule has 0 aliphatic carbocycles. The van der Waals surface area contributed by atoms with Gasteiger partial charge in [0, 0.05) is 5.33 Å². The third-order valence-corrected chi connectivity index (χ3v) is 2.25. The Labute approximate surface area is 76.1 Å². The molecule has 1 unspecified atom stereocenters. The van der Waals surface area contributed by atoms with Crippen molar-refractivity contribution in [3.63, 3.8) is 0 Å². The highest BCUT2D eigenvalue weighted by Gasteiger charge is 2.08. The molecule has 0 aliphatic heterocycles. The number of unbranched alkanes of at least 4 members (excludes halogenated alkanes) is 2. The van der Waals surface area contributed by atoms with E-state index in [0.717, 1.165) is 31.0 Å². The molecule has 2 nitrogen and oxygen atoms in total. The third-order valence-electron chi connectivity index (χ3n) is 1.69. The van der Waals surface area contributed by atoms with Crippen LogP contribution in [0.1, 0.15) is 32.6 Å². The van der Waals surface area contributed by atoms with Gasteiger partial charge >= 0.3 is 5.97 Å². The first-order chi connectivity index (χ1) is 5.18. The van der Waals surface area contributed by atoms with Crippen LogP contribution in [0.2, 0.25) is 0 Å². The average Bonchev–Trinajstić information content (AvgIpc) is 1.97. The molecule has 0 fully saturated rings. The van der Waals surface area contributed by atoms with Crippen LogP contribution in [0.25, 0.3) is 0 Å². The van der Waals surface area contributed by atoms with Crippen LogP contribution in [0.3, 0.4) is 0 Å². The summed E-state index contributed by atoms with van der Waals surface area (Å²) in [5.74, 6) is -0.853. The van der Waals surface area contributed by atoms with Crippen molar-refractivity contribution in [1.82, 2.24) is 0 Å². The van der Waals surface area contributed by atoms with Gasteiger partial charge in [0.2, 0.25) is 0 Å². The molecule has 0 aromatic heterocycles. The predicted molar refractivity (Wildman–Crippen MR) is 49.1 cm³/mol. The van der Waals surface area contributed by atoms with E-state index in [1.807, 2.05) is 0 Å². The van der Waals surface area contributed by atoms with Crippen molar-refractivity contribution in [3.8, 4) is 0 Å². The molecule has 0 heterocycles. The Balaban J connectivity index is 3.17. The van der Waals surface area contributed by atoms with E-state index in [9.17, 15) is 4.79 Å². The van der Waals surface area contributed by atoms with E-state index in [4.69, 9.17) is 5.11 Å². The lowest BCUT2D eigenvalue weighted by atomic mass is 10.0. The van der Waals surface area contributed by atoms with Crippen molar-refractivity contribution in [1.29, 1.82) is 0 Å². The molecule has 0 aromatic rings. The van der Waals surface area contributed by atoms with Gasteiger partial charge in [0.1, 0.15) is 0 Å². The zero-order valence-corrected chi connectivity index (χ0v) is 8.43. The lowest BCUT2D eigenvalue weighted by Crippen LogP contribution is -2.08. The van der Waals surface area contributed by atoms with E-state index in [0.29, 0.717) is 0 Å². The maximum absolute atomic E-state index is 10.4. The first kappa shape index (κ1) is 11.0. The third kappa shape index (κ3) is 6.35. The van der Waals surface area contributed by atoms with Gasteiger partial charge in [0.05, 0.1) is 5.92 Å². The highest BCUT2D eigenvalue weighted by atomic mass is 79.9. The summed E-state index contributed by atoms with van der Waals surface area (Å²) in [6.45, 7) is 1.76. The van der Waals surface area contributed by atoms with Gasteiger partial charge in [-0.25, -0.2) is 0 Å². The van der Waals surface area contributed by atoms with Crippen LogP contribution in [-0.4, -0.2) is 16.4 Å². The summed E-state index contributed by atoms with van der Waals surface area (Å²) in [6.07, 6.45) is 4.11. The van der Waals surface area contributed by atoms with Gasteiger partial charge in [-0.2, -0.15) is 0 Å². The fourth-order valence-corrected chi connectivity index (χ4v) is 1.24. The molecule has 0 aliphatic rings. The SMILES string of the molecule is CC(CCCCCBr)C(=O)O. The van der Waals surface area contributed by atoms with Crippen LogP contribution in [0.4, 0.5) is 0 Å². The monoisotopic (exact) mass is 222 g/mol. The van der Waals surface area contributed by atoms with Crippen molar-refractivity contribution in [2.75, 3.05) is 5.33 Å². The Hall–Kier alpha value is -0.0500. The summed E-state index contributed by atoms with van der Waals surface area (Å²) < 4.78 is 0. The molecule has 0 rings (SSSR count). The van der Waals surface area contributed by atoms with Gasteiger partial charge in [-0.3, -0.25) is 4.79 Å². The fourth-order valence-electron chi connectivity index (χ4n) is 0.845. The van der Waals surface area contributed by atoms with Gasteiger partial charge in [-0.1, -0.05) is 35.7 Å². The van der Waals surface area contributed by atoms with Crippen molar-refractivity contribution < 1.29 is 9.90 Å². The van der Waals surface area contributed by atoms with Crippen molar-refractivity contribution in [3.05, 3.63) is 0 Å². The number of hydrogen-bond donors (Lipinski definition) is 1. The second-order valence-electron chi connectivity index (χ2n) is 2.78. The van der Waals surface area contributed by atoms with Gasteiger partial charge < -0.3 is 5.11 Å². The van der Waals surface area contributed by atoms with Crippen LogP contribution in [0.15, 0.2) is 0 Å². The minimum Gasteiger partial charge on any atom is -0.481 e. The van der Waals surface area contributed by atoms with Crippen molar-refractivity contribution in [2.24, 2.45) is 5.92 Å². The number of carboxylic acid groups (broad SMARTS) is 1. The maximum Gasteiger partial charge on any atom is 0.306 e. The Morgan fingerprint density at radius 3 is 2.55 bits per heavy atom. The smallest absolute Gasteiger partial charge is 0.306 e. The van der Waals surface area contributed by atoms with Crippen LogP contribution >= 0.6 is 15.9 Å². The molecule has 0 saturated heterocycles. The lowest BCUT2D eigenvalue weighted by Gasteiger charge is -2.03. The summed E-state index contributed by atoms with van der Waals surface area (Å²) in [5, 5.41) is 9.55. The van der Waals surface area contributed by atoms with Crippen LogP contribution in [0.5, 0.6) is 0 Å². The average molecular weight is 223 g/mol. The molecule has 0 radical (unpaired) electrons. The van der Waals surface area contributed by atoms with Crippen LogP contribution in [-0.2, 0) is 4.79 Å². The van der Waals surface area contributed by atoms with Crippen LogP contribution in [0, 0.1) is 5.92 Å². The zero-order valence-electron chi connectivity index (χ0n) is 6.85. The van der Waals surface area contributed by atoms with E-state index in [2.05, 4.69) is 15.9 Å². The van der Waals surface area contributed by atoms with Gasteiger partial charge in [0.15, 0.2) is 0 Å². The second-order valence-corrected chi connectivity index (χ2v) is 3.57. The first-order valence-electron chi connectivity index (χ1n) is 3.97. The molecule has 3 heteroatoms. The van der Waals surface area contributed by atoms with E-state index < -0.39 is 5.97 Å². The topological polar surface area (TPSA) is 37.3 Å².